The number of nitrogens with two attached hydrogens (primary N) is 1. The summed E-state index contributed by atoms with van der Waals surface area (Å²) in [6.45, 7) is 0.229. The first-order valence-electron chi connectivity index (χ1n) is 5.45. The van der Waals surface area contributed by atoms with Crippen LogP contribution in [0.5, 0.6) is 0 Å². The molecule has 7 heteroatoms. The quantitative estimate of drug-likeness (QED) is 0.882. The van der Waals surface area contributed by atoms with Crippen molar-refractivity contribution in [2.45, 2.75) is 29.7 Å². The van der Waals surface area contributed by atoms with E-state index in [1.165, 1.54) is 12.1 Å². The van der Waals surface area contributed by atoms with Crippen molar-refractivity contribution in [3.05, 3.63) is 30.1 Å². The fourth-order valence-electron chi connectivity index (χ4n) is 1.74. The maximum atomic E-state index is 12.7. The van der Waals surface area contributed by atoms with Gasteiger partial charge in [0.25, 0.3) is 0 Å². The van der Waals surface area contributed by atoms with E-state index < -0.39 is 21.4 Å². The van der Waals surface area contributed by atoms with E-state index in [1.807, 2.05) is 0 Å². The van der Waals surface area contributed by atoms with Crippen molar-refractivity contribution in [1.29, 1.82) is 0 Å². The molecule has 0 saturated heterocycles. The first kappa shape index (κ1) is 15.4. The van der Waals surface area contributed by atoms with Crippen LogP contribution in [0.25, 0.3) is 0 Å². The number of sulfonamides is 1. The molecule has 1 fully saturated rings. The number of nitrogens with one attached hydrogen (secondary N) is 1. The summed E-state index contributed by atoms with van der Waals surface area (Å²) in [5.41, 5.74) is 5.52. The zero-order valence-electron chi connectivity index (χ0n) is 9.73. The van der Waals surface area contributed by atoms with E-state index in [0.29, 0.717) is 0 Å². The van der Waals surface area contributed by atoms with Crippen LogP contribution >= 0.6 is 12.4 Å². The van der Waals surface area contributed by atoms with Gasteiger partial charge in [-0.05, 0) is 43.5 Å². The van der Waals surface area contributed by atoms with E-state index in [9.17, 15) is 12.8 Å². The second-order valence-corrected chi connectivity index (χ2v) is 6.26. The van der Waals surface area contributed by atoms with Crippen molar-refractivity contribution >= 4 is 22.4 Å². The summed E-state index contributed by atoms with van der Waals surface area (Å²) in [6.07, 6.45) is 2.70. The molecule has 0 heterocycles. The summed E-state index contributed by atoms with van der Waals surface area (Å²) in [5.74, 6) is -0.460. The van der Waals surface area contributed by atoms with Gasteiger partial charge in [-0.25, -0.2) is 17.5 Å². The van der Waals surface area contributed by atoms with E-state index in [2.05, 4.69) is 4.72 Å². The highest BCUT2D eigenvalue weighted by atomic mass is 35.5. The first-order valence-corrected chi connectivity index (χ1v) is 6.94. The fourth-order valence-corrected chi connectivity index (χ4v) is 2.88. The normalized spacial score (nSPS) is 17.7. The van der Waals surface area contributed by atoms with Crippen LogP contribution in [0, 0.1) is 5.82 Å². The summed E-state index contributed by atoms with van der Waals surface area (Å²) in [6, 6.07) is 4.72. The molecule has 1 saturated carbocycles. The zero-order chi connectivity index (χ0) is 12.5. The third kappa shape index (κ3) is 3.41. The highest BCUT2D eigenvalue weighted by Crippen LogP contribution is 2.28. The van der Waals surface area contributed by atoms with Crippen LogP contribution in [-0.2, 0) is 10.0 Å². The Kier molecular flexibility index (Phi) is 4.72. The van der Waals surface area contributed by atoms with Gasteiger partial charge in [-0.3, -0.25) is 0 Å². The Morgan fingerprint density at radius 3 is 2.28 bits per heavy atom. The van der Waals surface area contributed by atoms with E-state index in [0.717, 1.165) is 31.4 Å². The van der Waals surface area contributed by atoms with Gasteiger partial charge < -0.3 is 5.73 Å². The highest BCUT2D eigenvalue weighted by Gasteiger charge is 2.33. The SMILES string of the molecule is Cl.NC1(CNS(=O)(=O)c2ccc(F)cc2)CCC1. The van der Waals surface area contributed by atoms with Gasteiger partial charge in [0.05, 0.1) is 4.90 Å². The Bertz CT molecular complexity index is 500. The standard InChI is InChI=1S/C11H15FN2O2S.ClH/c12-9-2-4-10(5-3-9)17(15,16)14-8-11(13)6-1-7-11;/h2-5,14H,1,6-8,13H2;1H. The number of benzene rings is 1. The minimum Gasteiger partial charge on any atom is -0.324 e. The van der Waals surface area contributed by atoms with Crippen LogP contribution < -0.4 is 10.5 Å². The highest BCUT2D eigenvalue weighted by molar-refractivity contribution is 7.89. The van der Waals surface area contributed by atoms with E-state index >= 15 is 0 Å². The molecule has 0 atom stereocenters. The largest absolute Gasteiger partial charge is 0.324 e. The van der Waals surface area contributed by atoms with Crippen molar-refractivity contribution in [3.63, 3.8) is 0 Å². The van der Waals surface area contributed by atoms with Crippen molar-refractivity contribution < 1.29 is 12.8 Å². The molecule has 0 radical (unpaired) electrons. The lowest BCUT2D eigenvalue weighted by atomic mass is 9.78. The van der Waals surface area contributed by atoms with Gasteiger partial charge in [-0.1, -0.05) is 0 Å². The Morgan fingerprint density at radius 1 is 1.28 bits per heavy atom. The smallest absolute Gasteiger partial charge is 0.240 e. The van der Waals surface area contributed by atoms with Crippen molar-refractivity contribution in [2.24, 2.45) is 5.73 Å². The Morgan fingerprint density at radius 2 is 1.83 bits per heavy atom. The summed E-state index contributed by atoms with van der Waals surface area (Å²) >= 11 is 0. The lowest BCUT2D eigenvalue weighted by Crippen LogP contribution is -2.54. The molecule has 18 heavy (non-hydrogen) atoms. The van der Waals surface area contributed by atoms with Gasteiger partial charge in [0.1, 0.15) is 5.82 Å². The van der Waals surface area contributed by atoms with Gasteiger partial charge in [0, 0.05) is 12.1 Å². The Labute approximate surface area is 112 Å². The molecular formula is C11H16ClFN2O2S. The molecule has 0 unspecified atom stereocenters. The van der Waals surface area contributed by atoms with Crippen LogP contribution in [0.2, 0.25) is 0 Å². The summed E-state index contributed by atoms with van der Waals surface area (Å²) in [5, 5.41) is 0. The third-order valence-electron chi connectivity index (χ3n) is 3.09. The lowest BCUT2D eigenvalue weighted by Gasteiger charge is -2.37. The number of hydrogen-bond acceptors (Lipinski definition) is 3. The number of hydrogen-bond donors (Lipinski definition) is 2. The summed E-state index contributed by atoms with van der Waals surface area (Å²) < 4.78 is 38.8. The van der Waals surface area contributed by atoms with Crippen molar-refractivity contribution in [2.75, 3.05) is 6.54 Å². The summed E-state index contributed by atoms with van der Waals surface area (Å²) in [4.78, 5) is 0.0572. The van der Waals surface area contributed by atoms with E-state index in [-0.39, 0.29) is 23.8 Å². The molecule has 4 nitrogen and oxygen atoms in total. The maximum Gasteiger partial charge on any atom is 0.240 e. The number of rotatable bonds is 4. The minimum atomic E-state index is -3.58. The summed E-state index contributed by atoms with van der Waals surface area (Å²) in [7, 11) is -3.58. The van der Waals surface area contributed by atoms with Crippen LogP contribution in [-0.4, -0.2) is 20.5 Å². The minimum absolute atomic E-state index is 0. The van der Waals surface area contributed by atoms with Gasteiger partial charge in [0.2, 0.25) is 10.0 Å². The van der Waals surface area contributed by atoms with Gasteiger partial charge in [-0.2, -0.15) is 0 Å². The molecule has 102 valence electrons. The second kappa shape index (κ2) is 5.52. The molecule has 0 amide bonds. The molecular weight excluding hydrogens is 279 g/mol. The molecule has 0 aliphatic heterocycles. The van der Waals surface area contributed by atoms with Gasteiger partial charge in [-0.15, -0.1) is 12.4 Å². The van der Waals surface area contributed by atoms with E-state index in [1.54, 1.807) is 0 Å². The predicted octanol–water partition coefficient (Wildman–Crippen LogP) is 1.41. The average Bonchev–Trinajstić information content (AvgIpc) is 2.24. The molecule has 3 N–H and O–H groups in total. The number of halogens is 2. The molecule has 0 bridgehead atoms. The first-order chi connectivity index (χ1) is 7.91. The van der Waals surface area contributed by atoms with Crippen LogP contribution in [0.3, 0.4) is 0 Å². The maximum absolute atomic E-state index is 12.7. The van der Waals surface area contributed by atoms with Crippen molar-refractivity contribution in [1.82, 2.24) is 4.72 Å². The van der Waals surface area contributed by atoms with Crippen LogP contribution in [0.4, 0.5) is 4.39 Å². The monoisotopic (exact) mass is 294 g/mol. The second-order valence-electron chi connectivity index (χ2n) is 4.49. The molecule has 0 spiro atoms. The lowest BCUT2D eigenvalue weighted by molar-refractivity contribution is 0.251. The van der Waals surface area contributed by atoms with Gasteiger partial charge >= 0.3 is 0 Å². The average molecular weight is 295 g/mol. The third-order valence-corrected chi connectivity index (χ3v) is 4.50. The Balaban J connectivity index is 0.00000162. The van der Waals surface area contributed by atoms with E-state index in [4.69, 9.17) is 5.73 Å². The van der Waals surface area contributed by atoms with Gasteiger partial charge in [0.15, 0.2) is 0 Å². The van der Waals surface area contributed by atoms with Crippen molar-refractivity contribution in [3.8, 4) is 0 Å². The Hall–Kier alpha value is -0.690. The topological polar surface area (TPSA) is 72.2 Å². The molecule has 1 aromatic carbocycles. The fraction of sp³-hybridized carbons (Fsp3) is 0.455. The molecule has 1 aromatic rings. The zero-order valence-corrected chi connectivity index (χ0v) is 11.4. The molecule has 1 aliphatic carbocycles. The molecule has 0 aromatic heterocycles. The van der Waals surface area contributed by atoms with Crippen LogP contribution in [0.1, 0.15) is 19.3 Å². The molecule has 1 aliphatic rings. The van der Waals surface area contributed by atoms with Crippen LogP contribution in [0.15, 0.2) is 29.2 Å². The predicted molar refractivity (Wildman–Crippen MR) is 69.6 cm³/mol. The molecule has 2 rings (SSSR count).